The summed E-state index contributed by atoms with van der Waals surface area (Å²) in [4.78, 5) is 23.1. The number of rotatable bonds is 13. The van der Waals surface area contributed by atoms with Gasteiger partial charge in [-0.15, -0.1) is 0 Å². The van der Waals surface area contributed by atoms with Gasteiger partial charge in [-0.2, -0.15) is 0 Å². The second-order valence-electron chi connectivity index (χ2n) is 8.19. The number of nitrogens with one attached hydrogen (secondary N) is 2. The van der Waals surface area contributed by atoms with Gasteiger partial charge in [0.2, 0.25) is 11.8 Å². The van der Waals surface area contributed by atoms with Crippen molar-refractivity contribution in [3.05, 3.63) is 0 Å². The van der Waals surface area contributed by atoms with Crippen LogP contribution in [0.1, 0.15) is 73.6 Å². The van der Waals surface area contributed by atoms with Crippen molar-refractivity contribution < 1.29 is 14.3 Å². The summed E-state index contributed by atoms with van der Waals surface area (Å²) >= 11 is 0. The molecule has 0 aromatic heterocycles. The Morgan fingerprint density at radius 1 is 0.833 bits per heavy atom. The third-order valence-electron chi connectivity index (χ3n) is 3.84. The van der Waals surface area contributed by atoms with E-state index in [9.17, 15) is 9.59 Å². The third-order valence-corrected chi connectivity index (χ3v) is 3.84. The van der Waals surface area contributed by atoms with Crippen LogP contribution >= 0.6 is 0 Å². The molecule has 0 aliphatic rings. The van der Waals surface area contributed by atoms with Gasteiger partial charge in [0.25, 0.3) is 0 Å². The van der Waals surface area contributed by atoms with E-state index in [-0.39, 0.29) is 22.6 Å². The Morgan fingerprint density at radius 3 is 1.79 bits per heavy atom. The lowest BCUT2D eigenvalue weighted by molar-refractivity contribution is -0.122. The summed E-state index contributed by atoms with van der Waals surface area (Å²) < 4.78 is 5.86. The maximum Gasteiger partial charge on any atom is 0.220 e. The monoisotopic (exact) mass is 342 g/mol. The average Bonchev–Trinajstić information content (AvgIpc) is 2.50. The van der Waals surface area contributed by atoms with Crippen LogP contribution in [0, 0.1) is 10.8 Å². The average molecular weight is 343 g/mol. The molecule has 0 aliphatic carbocycles. The largest absolute Gasteiger partial charge is 0.380 e. The highest BCUT2D eigenvalue weighted by molar-refractivity contribution is 5.76. The third kappa shape index (κ3) is 12.3. The number of hydrogen-bond acceptors (Lipinski definition) is 3. The molecule has 0 atom stereocenters. The van der Waals surface area contributed by atoms with Crippen molar-refractivity contribution in [2.45, 2.75) is 73.6 Å². The highest BCUT2D eigenvalue weighted by atomic mass is 16.5. The molecule has 0 rings (SSSR count). The lowest BCUT2D eigenvalue weighted by atomic mass is 9.93. The normalized spacial score (nSPS) is 12.1. The van der Waals surface area contributed by atoms with Gasteiger partial charge in [0.15, 0.2) is 0 Å². The molecule has 0 aromatic carbocycles. The number of carbonyl (C=O) groups excluding carboxylic acids is 2. The molecule has 5 nitrogen and oxygen atoms in total. The first-order valence-corrected chi connectivity index (χ1v) is 9.23. The summed E-state index contributed by atoms with van der Waals surface area (Å²) in [6.07, 6.45) is 4.29. The van der Waals surface area contributed by atoms with Crippen LogP contribution in [0.4, 0.5) is 0 Å². The van der Waals surface area contributed by atoms with Crippen LogP contribution in [0.25, 0.3) is 0 Å². The van der Waals surface area contributed by atoms with Crippen molar-refractivity contribution in [2.24, 2.45) is 10.8 Å². The highest BCUT2D eigenvalue weighted by Crippen LogP contribution is 2.19. The van der Waals surface area contributed by atoms with Gasteiger partial charge in [0.1, 0.15) is 0 Å². The van der Waals surface area contributed by atoms with Crippen LogP contribution in [0.2, 0.25) is 0 Å². The highest BCUT2D eigenvalue weighted by Gasteiger charge is 2.23. The first kappa shape index (κ1) is 22.9. The van der Waals surface area contributed by atoms with Crippen LogP contribution in [0.15, 0.2) is 0 Å². The molecule has 0 unspecified atom stereocenters. The Balaban J connectivity index is 4.01. The topological polar surface area (TPSA) is 67.4 Å². The molecule has 5 heteroatoms. The summed E-state index contributed by atoms with van der Waals surface area (Å²) in [6, 6.07) is 0. The fourth-order valence-corrected chi connectivity index (χ4v) is 2.13. The first-order valence-electron chi connectivity index (χ1n) is 9.23. The second kappa shape index (κ2) is 11.5. The second-order valence-corrected chi connectivity index (χ2v) is 8.19. The number of unbranched alkanes of at least 4 members (excludes halogenated alkanes) is 2. The molecule has 142 valence electrons. The van der Waals surface area contributed by atoms with Crippen LogP contribution < -0.4 is 10.6 Å². The number of ether oxygens (including phenoxy) is 1. The Bertz CT molecular complexity index is 379. The van der Waals surface area contributed by atoms with Crippen LogP contribution in [-0.2, 0) is 14.3 Å². The van der Waals surface area contributed by atoms with E-state index in [1.54, 1.807) is 0 Å². The summed E-state index contributed by atoms with van der Waals surface area (Å²) in [7, 11) is 0. The van der Waals surface area contributed by atoms with Crippen LogP contribution in [-0.4, -0.2) is 38.1 Å². The van der Waals surface area contributed by atoms with Crippen molar-refractivity contribution in [3.63, 3.8) is 0 Å². The molecule has 0 saturated heterocycles. The van der Waals surface area contributed by atoms with Gasteiger partial charge in [-0.05, 0) is 6.42 Å². The molecule has 0 heterocycles. The lowest BCUT2D eigenvalue weighted by Crippen LogP contribution is -2.39. The van der Waals surface area contributed by atoms with Crippen molar-refractivity contribution in [1.29, 1.82) is 0 Å². The number of carbonyl (C=O) groups is 2. The zero-order valence-electron chi connectivity index (χ0n) is 16.6. The van der Waals surface area contributed by atoms with Crippen molar-refractivity contribution in [1.82, 2.24) is 10.6 Å². The predicted molar refractivity (Wildman–Crippen MR) is 98.8 cm³/mol. The first-order chi connectivity index (χ1) is 11.1. The zero-order chi connectivity index (χ0) is 18.6. The Morgan fingerprint density at radius 2 is 1.33 bits per heavy atom. The summed E-state index contributed by atoms with van der Waals surface area (Å²) in [6.45, 7) is 14.7. The fraction of sp³-hybridized carbons (Fsp3) is 0.895. The van der Waals surface area contributed by atoms with E-state index in [0.29, 0.717) is 39.1 Å². The molecule has 0 spiro atoms. The van der Waals surface area contributed by atoms with Crippen molar-refractivity contribution in [2.75, 3.05) is 26.3 Å². The molecule has 0 bridgehead atoms. The minimum atomic E-state index is -0.108. The van der Waals surface area contributed by atoms with E-state index in [4.69, 9.17) is 4.74 Å². The smallest absolute Gasteiger partial charge is 0.220 e. The van der Waals surface area contributed by atoms with Gasteiger partial charge in [-0.1, -0.05) is 54.4 Å². The van der Waals surface area contributed by atoms with Gasteiger partial charge in [-0.25, -0.2) is 0 Å². The van der Waals surface area contributed by atoms with Gasteiger partial charge in [-0.3, -0.25) is 9.59 Å². The van der Waals surface area contributed by atoms with Gasteiger partial charge in [0.05, 0.1) is 13.2 Å². The van der Waals surface area contributed by atoms with Gasteiger partial charge < -0.3 is 15.4 Å². The predicted octanol–water partition coefficient (Wildman–Crippen LogP) is 3.28. The zero-order valence-corrected chi connectivity index (χ0v) is 16.6. The summed E-state index contributed by atoms with van der Waals surface area (Å²) in [5.41, 5.74) is -0.215. The molecule has 0 aromatic rings. The minimum Gasteiger partial charge on any atom is -0.380 e. The summed E-state index contributed by atoms with van der Waals surface area (Å²) in [5.74, 6) is 0.188. The fourth-order valence-electron chi connectivity index (χ4n) is 2.13. The van der Waals surface area contributed by atoms with E-state index in [2.05, 4.69) is 45.3 Å². The Kier molecular flexibility index (Phi) is 10.9. The Labute approximate surface area is 148 Å². The molecule has 0 fully saturated rings. The quantitative estimate of drug-likeness (QED) is 0.505. The molecule has 0 aliphatic heterocycles. The van der Waals surface area contributed by atoms with E-state index in [0.717, 1.165) is 19.3 Å². The SMILES string of the molecule is CCCCCC(=O)NCC(C)(C)COCC(C)(C)CNC(=O)CC. The molecular formula is C19H38N2O3. The molecule has 2 amide bonds. The molecule has 2 N–H and O–H groups in total. The van der Waals surface area contributed by atoms with Crippen LogP contribution in [0.5, 0.6) is 0 Å². The van der Waals surface area contributed by atoms with Gasteiger partial charge >= 0.3 is 0 Å². The Hall–Kier alpha value is -1.10. The summed E-state index contributed by atoms with van der Waals surface area (Å²) in [5, 5.41) is 5.91. The molecule has 0 radical (unpaired) electrons. The maximum absolute atomic E-state index is 11.8. The molecular weight excluding hydrogens is 304 g/mol. The van der Waals surface area contributed by atoms with E-state index < -0.39 is 0 Å². The lowest BCUT2D eigenvalue weighted by Gasteiger charge is -2.29. The maximum atomic E-state index is 11.8. The van der Waals surface area contributed by atoms with Crippen molar-refractivity contribution in [3.8, 4) is 0 Å². The van der Waals surface area contributed by atoms with E-state index in [1.807, 2.05) is 6.92 Å². The van der Waals surface area contributed by atoms with E-state index >= 15 is 0 Å². The van der Waals surface area contributed by atoms with Gasteiger partial charge in [0, 0.05) is 36.8 Å². The number of hydrogen-bond donors (Lipinski definition) is 2. The standard InChI is InChI=1S/C19H38N2O3/c1-7-9-10-11-17(23)21-13-19(5,6)15-24-14-18(3,4)12-20-16(22)8-2/h7-15H2,1-6H3,(H,20,22)(H,21,23). The van der Waals surface area contributed by atoms with Crippen LogP contribution in [0.3, 0.4) is 0 Å². The molecule has 24 heavy (non-hydrogen) atoms. The van der Waals surface area contributed by atoms with Crippen molar-refractivity contribution >= 4 is 11.8 Å². The van der Waals surface area contributed by atoms with E-state index in [1.165, 1.54) is 0 Å². The minimum absolute atomic E-state index is 0.0641. The molecule has 0 saturated carbocycles. The number of amides is 2.